The lowest BCUT2D eigenvalue weighted by atomic mass is 10.1. The van der Waals surface area contributed by atoms with Crippen LogP contribution in [-0.2, 0) is 17.8 Å². The molecule has 1 amide bonds. The number of carbonyl (C=O) groups excluding carboxylic acids is 1. The normalized spacial score (nSPS) is 15.5. The van der Waals surface area contributed by atoms with Gasteiger partial charge in [0.25, 0.3) is 0 Å². The molecule has 0 aromatic heterocycles. The monoisotopic (exact) mass is 326 g/mol. The third-order valence-corrected chi connectivity index (χ3v) is 4.51. The Kier molecular flexibility index (Phi) is 5.59. The van der Waals surface area contributed by atoms with Crippen LogP contribution in [0.4, 0.5) is 4.39 Å². The van der Waals surface area contributed by atoms with E-state index in [1.807, 2.05) is 35.2 Å². The first-order valence-corrected chi connectivity index (χ1v) is 8.49. The van der Waals surface area contributed by atoms with Crippen LogP contribution in [0.3, 0.4) is 0 Å². The van der Waals surface area contributed by atoms with Gasteiger partial charge in [0, 0.05) is 39.1 Å². The van der Waals surface area contributed by atoms with Gasteiger partial charge in [-0.3, -0.25) is 9.69 Å². The summed E-state index contributed by atoms with van der Waals surface area (Å²) in [5, 5.41) is 0. The first-order valence-electron chi connectivity index (χ1n) is 8.49. The van der Waals surface area contributed by atoms with Crippen LogP contribution in [0.1, 0.15) is 17.5 Å². The molecule has 0 saturated carbocycles. The Bertz CT molecular complexity index is 649. The molecule has 1 saturated heterocycles. The van der Waals surface area contributed by atoms with Crippen LogP contribution in [-0.4, -0.2) is 41.9 Å². The first kappa shape index (κ1) is 16.7. The summed E-state index contributed by atoms with van der Waals surface area (Å²) in [6, 6.07) is 16.8. The molecule has 0 bridgehead atoms. The molecule has 1 fully saturated rings. The summed E-state index contributed by atoms with van der Waals surface area (Å²) in [4.78, 5) is 16.6. The molecule has 1 aliphatic heterocycles. The number of nitrogens with zero attached hydrogens (tertiary/aromatic N) is 2. The number of rotatable bonds is 5. The average Bonchev–Trinajstić information content (AvgIpc) is 2.63. The van der Waals surface area contributed by atoms with E-state index in [-0.39, 0.29) is 11.7 Å². The standard InChI is InChI=1S/C20H23FN2O/c21-19-9-6-18(7-10-19)16-22-12-14-23(15-13-22)20(24)11-8-17-4-2-1-3-5-17/h1-7,9-10H,8,11-16H2. The van der Waals surface area contributed by atoms with E-state index in [0.717, 1.165) is 44.7 Å². The van der Waals surface area contributed by atoms with E-state index in [2.05, 4.69) is 17.0 Å². The molecule has 2 aromatic carbocycles. The van der Waals surface area contributed by atoms with E-state index in [1.165, 1.54) is 17.7 Å². The molecule has 0 unspecified atom stereocenters. The van der Waals surface area contributed by atoms with Crippen molar-refractivity contribution in [3.8, 4) is 0 Å². The summed E-state index contributed by atoms with van der Waals surface area (Å²) < 4.78 is 12.9. The van der Waals surface area contributed by atoms with Gasteiger partial charge in [0.1, 0.15) is 5.82 Å². The molecule has 0 aliphatic carbocycles. The van der Waals surface area contributed by atoms with Crippen molar-refractivity contribution in [3.63, 3.8) is 0 Å². The van der Waals surface area contributed by atoms with Crippen LogP contribution in [0.5, 0.6) is 0 Å². The lowest BCUT2D eigenvalue weighted by Gasteiger charge is -2.34. The fraction of sp³-hybridized carbons (Fsp3) is 0.350. The van der Waals surface area contributed by atoms with Gasteiger partial charge < -0.3 is 4.90 Å². The zero-order chi connectivity index (χ0) is 16.8. The molecule has 3 rings (SSSR count). The Morgan fingerprint density at radius 1 is 0.875 bits per heavy atom. The van der Waals surface area contributed by atoms with E-state index >= 15 is 0 Å². The number of hydrogen-bond acceptors (Lipinski definition) is 2. The minimum atomic E-state index is -0.201. The number of carbonyl (C=O) groups is 1. The topological polar surface area (TPSA) is 23.6 Å². The predicted octanol–water partition coefficient (Wildman–Crippen LogP) is 3.10. The summed E-state index contributed by atoms with van der Waals surface area (Å²) in [6.07, 6.45) is 1.37. The second kappa shape index (κ2) is 8.06. The molecule has 0 spiro atoms. The molecule has 4 heteroatoms. The average molecular weight is 326 g/mol. The first-order chi connectivity index (χ1) is 11.7. The predicted molar refractivity (Wildman–Crippen MR) is 93.0 cm³/mol. The maximum atomic E-state index is 12.9. The molecule has 0 atom stereocenters. The number of hydrogen-bond donors (Lipinski definition) is 0. The number of benzene rings is 2. The van der Waals surface area contributed by atoms with Gasteiger partial charge in [0.05, 0.1) is 0 Å². The Morgan fingerprint density at radius 3 is 2.21 bits per heavy atom. The summed E-state index contributed by atoms with van der Waals surface area (Å²) in [5.74, 6) is 0.0351. The van der Waals surface area contributed by atoms with Crippen LogP contribution in [0.2, 0.25) is 0 Å². The van der Waals surface area contributed by atoms with Crippen molar-refractivity contribution in [2.45, 2.75) is 19.4 Å². The van der Waals surface area contributed by atoms with Crippen molar-refractivity contribution < 1.29 is 9.18 Å². The van der Waals surface area contributed by atoms with Gasteiger partial charge >= 0.3 is 0 Å². The highest BCUT2D eigenvalue weighted by Gasteiger charge is 2.20. The van der Waals surface area contributed by atoms with Gasteiger partial charge in [-0.1, -0.05) is 42.5 Å². The molecule has 126 valence electrons. The summed E-state index contributed by atoms with van der Waals surface area (Å²) in [6.45, 7) is 4.10. The van der Waals surface area contributed by atoms with Crippen LogP contribution in [0, 0.1) is 5.82 Å². The van der Waals surface area contributed by atoms with Crippen molar-refractivity contribution in [2.24, 2.45) is 0 Å². The van der Waals surface area contributed by atoms with Gasteiger partial charge in [0.2, 0.25) is 5.91 Å². The van der Waals surface area contributed by atoms with Gasteiger partial charge in [0.15, 0.2) is 0 Å². The minimum Gasteiger partial charge on any atom is -0.340 e. The minimum absolute atomic E-state index is 0.201. The Labute approximate surface area is 142 Å². The number of halogens is 1. The molecular weight excluding hydrogens is 303 g/mol. The quantitative estimate of drug-likeness (QED) is 0.843. The largest absolute Gasteiger partial charge is 0.340 e. The van der Waals surface area contributed by atoms with Gasteiger partial charge in [-0.05, 0) is 29.7 Å². The maximum absolute atomic E-state index is 12.9. The Balaban J connectivity index is 1.42. The molecule has 0 N–H and O–H groups in total. The second-order valence-corrected chi connectivity index (χ2v) is 6.27. The summed E-state index contributed by atoms with van der Waals surface area (Å²) in [5.41, 5.74) is 2.32. The smallest absolute Gasteiger partial charge is 0.222 e. The molecule has 2 aromatic rings. The van der Waals surface area contributed by atoms with Gasteiger partial charge in [-0.25, -0.2) is 4.39 Å². The molecule has 1 aliphatic rings. The zero-order valence-electron chi connectivity index (χ0n) is 13.8. The van der Waals surface area contributed by atoms with Crippen molar-refractivity contribution in [1.29, 1.82) is 0 Å². The zero-order valence-corrected chi connectivity index (χ0v) is 13.8. The van der Waals surface area contributed by atoms with Crippen LogP contribution < -0.4 is 0 Å². The van der Waals surface area contributed by atoms with Crippen LogP contribution in [0.25, 0.3) is 0 Å². The third-order valence-electron chi connectivity index (χ3n) is 4.51. The van der Waals surface area contributed by atoms with Crippen molar-refractivity contribution in [2.75, 3.05) is 26.2 Å². The highest BCUT2D eigenvalue weighted by Crippen LogP contribution is 2.11. The fourth-order valence-corrected chi connectivity index (χ4v) is 3.06. The highest BCUT2D eigenvalue weighted by atomic mass is 19.1. The number of piperazine rings is 1. The van der Waals surface area contributed by atoms with Gasteiger partial charge in [-0.2, -0.15) is 0 Å². The third kappa shape index (κ3) is 4.65. The molecule has 0 radical (unpaired) electrons. The Hall–Kier alpha value is -2.20. The summed E-state index contributed by atoms with van der Waals surface area (Å²) in [7, 11) is 0. The Morgan fingerprint density at radius 2 is 1.54 bits per heavy atom. The lowest BCUT2D eigenvalue weighted by Crippen LogP contribution is -2.48. The van der Waals surface area contributed by atoms with E-state index in [4.69, 9.17) is 0 Å². The van der Waals surface area contributed by atoms with E-state index in [0.29, 0.717) is 6.42 Å². The summed E-state index contributed by atoms with van der Waals surface area (Å²) >= 11 is 0. The fourth-order valence-electron chi connectivity index (χ4n) is 3.06. The van der Waals surface area contributed by atoms with Crippen molar-refractivity contribution in [1.82, 2.24) is 9.80 Å². The van der Waals surface area contributed by atoms with Crippen LogP contribution in [0.15, 0.2) is 54.6 Å². The van der Waals surface area contributed by atoms with E-state index < -0.39 is 0 Å². The van der Waals surface area contributed by atoms with Crippen molar-refractivity contribution >= 4 is 5.91 Å². The molecular formula is C20H23FN2O. The second-order valence-electron chi connectivity index (χ2n) is 6.27. The highest BCUT2D eigenvalue weighted by molar-refractivity contribution is 5.76. The van der Waals surface area contributed by atoms with E-state index in [9.17, 15) is 9.18 Å². The van der Waals surface area contributed by atoms with E-state index in [1.54, 1.807) is 0 Å². The molecule has 1 heterocycles. The number of aryl methyl sites for hydroxylation is 1. The number of amides is 1. The van der Waals surface area contributed by atoms with Crippen LogP contribution >= 0.6 is 0 Å². The lowest BCUT2D eigenvalue weighted by molar-refractivity contribution is -0.133. The molecule has 24 heavy (non-hydrogen) atoms. The van der Waals surface area contributed by atoms with Gasteiger partial charge in [-0.15, -0.1) is 0 Å². The maximum Gasteiger partial charge on any atom is 0.222 e. The SMILES string of the molecule is O=C(CCc1ccccc1)N1CCN(Cc2ccc(F)cc2)CC1. The molecule has 3 nitrogen and oxygen atoms in total. The van der Waals surface area contributed by atoms with Crippen molar-refractivity contribution in [3.05, 3.63) is 71.5 Å².